The van der Waals surface area contributed by atoms with Crippen LogP contribution in [0.15, 0.2) is 54.6 Å². The van der Waals surface area contributed by atoms with E-state index in [-0.39, 0.29) is 29.7 Å². The number of aromatic nitrogens is 2. The summed E-state index contributed by atoms with van der Waals surface area (Å²) in [6.07, 6.45) is -6.22. The zero-order chi connectivity index (χ0) is 31.3. The highest BCUT2D eigenvalue weighted by molar-refractivity contribution is 6.10. The Bertz CT molecular complexity index is 1610. The van der Waals surface area contributed by atoms with Gasteiger partial charge in [0, 0.05) is 24.4 Å². The highest BCUT2D eigenvalue weighted by Gasteiger charge is 2.43. The minimum Gasteiger partial charge on any atom is -0.464 e. The smallest absolute Gasteiger partial charge is 0.464 e. The number of anilines is 2. The van der Waals surface area contributed by atoms with Gasteiger partial charge >= 0.3 is 18.1 Å². The number of halogens is 3. The lowest BCUT2D eigenvalue weighted by molar-refractivity contribution is -0.202. The molecule has 2 N–H and O–H groups in total. The van der Waals surface area contributed by atoms with Gasteiger partial charge in [-0.2, -0.15) is 18.2 Å². The van der Waals surface area contributed by atoms with Crippen LogP contribution in [0.1, 0.15) is 39.6 Å². The number of likely N-dealkylation sites (N-methyl/N-ethyl adjacent to an activating group) is 1. The van der Waals surface area contributed by atoms with Crippen molar-refractivity contribution in [3.8, 4) is 17.7 Å². The third-order valence-corrected chi connectivity index (χ3v) is 6.26. The summed E-state index contributed by atoms with van der Waals surface area (Å²) in [7, 11) is 1.46. The second kappa shape index (κ2) is 12.6. The average molecular weight is 596 g/mol. The van der Waals surface area contributed by atoms with Crippen molar-refractivity contribution in [3.63, 3.8) is 0 Å². The number of alkyl halides is 3. The molecule has 1 unspecified atom stereocenters. The molecule has 2 amide bonds. The number of nitrogen functional groups attached to an aromatic ring is 1. The first-order valence-corrected chi connectivity index (χ1v) is 12.6. The number of rotatable bonds is 6. The van der Waals surface area contributed by atoms with Gasteiger partial charge in [-0.1, -0.05) is 42.2 Å². The Hall–Kier alpha value is -5.45. The third-order valence-electron chi connectivity index (χ3n) is 6.26. The molecule has 14 heteroatoms. The Balaban J connectivity index is 1.63. The third kappa shape index (κ3) is 7.45. The van der Waals surface area contributed by atoms with E-state index >= 15 is 0 Å². The van der Waals surface area contributed by atoms with Crippen LogP contribution in [0.5, 0.6) is 5.88 Å². The molecule has 0 spiro atoms. The van der Waals surface area contributed by atoms with Gasteiger partial charge in [0.05, 0.1) is 23.7 Å². The minimum atomic E-state index is -5.39. The second-order valence-corrected chi connectivity index (χ2v) is 9.30. The Morgan fingerprint density at radius 2 is 1.81 bits per heavy atom. The molecule has 1 aliphatic rings. The fourth-order valence-electron chi connectivity index (χ4n) is 4.27. The Morgan fingerprint density at radius 3 is 2.49 bits per heavy atom. The van der Waals surface area contributed by atoms with Crippen LogP contribution < -0.4 is 15.4 Å². The molecule has 0 saturated heterocycles. The van der Waals surface area contributed by atoms with Crippen molar-refractivity contribution in [2.24, 2.45) is 0 Å². The first-order chi connectivity index (χ1) is 20.3. The van der Waals surface area contributed by atoms with Crippen LogP contribution in [0.4, 0.5) is 24.8 Å². The summed E-state index contributed by atoms with van der Waals surface area (Å²) in [5.74, 6) is 0.518. The highest BCUT2D eigenvalue weighted by Crippen LogP contribution is 2.33. The summed E-state index contributed by atoms with van der Waals surface area (Å²) in [6.45, 7) is 1.14. The van der Waals surface area contributed by atoms with Gasteiger partial charge in [-0.15, -0.1) is 0 Å². The molecule has 11 nitrogen and oxygen atoms in total. The SMILES string of the molecule is Cc1cc(OCC#Cc2ccc3c(c2)C(=O)N(C(CC(=O)OC(=O)C(F)(F)F)c2ccccc2)CC(=O)N3C)nc(N)n1. The quantitative estimate of drug-likeness (QED) is 0.258. The topological polar surface area (TPSA) is 145 Å². The molecule has 0 fully saturated rings. The molecule has 2 heterocycles. The molecule has 0 saturated carbocycles. The van der Waals surface area contributed by atoms with Gasteiger partial charge < -0.3 is 25.0 Å². The number of esters is 2. The second-order valence-electron chi connectivity index (χ2n) is 9.30. The molecule has 1 aromatic heterocycles. The van der Waals surface area contributed by atoms with Gasteiger partial charge in [0.15, 0.2) is 6.61 Å². The number of carbonyl (C=O) groups excluding carboxylic acids is 4. The summed E-state index contributed by atoms with van der Waals surface area (Å²) in [5.41, 5.74) is 7.26. The Kier molecular flexibility index (Phi) is 8.94. The standard InChI is InChI=1S/C29H24F3N5O6/c1-17-13-23(35-28(33)34-17)42-12-6-7-18-10-11-21-20(14-18)26(40)37(16-24(38)36(21)2)22(19-8-4-3-5-9-19)15-25(39)43-27(41)29(30,31)32/h3-5,8-11,13-14,22H,12,15-16H2,1-2H3,(H2,33,34,35). The fraction of sp³-hybridized carbons (Fsp3) is 0.241. The maximum Gasteiger partial charge on any atom is 0.491 e. The Labute approximate surface area is 243 Å². The van der Waals surface area contributed by atoms with Crippen molar-refractivity contribution < 1.29 is 41.8 Å². The van der Waals surface area contributed by atoms with E-state index in [0.29, 0.717) is 16.8 Å². The summed E-state index contributed by atoms with van der Waals surface area (Å²) < 4.78 is 47.6. The van der Waals surface area contributed by atoms with Crippen molar-refractivity contribution in [3.05, 3.63) is 77.0 Å². The van der Waals surface area contributed by atoms with E-state index < -0.39 is 48.9 Å². The Morgan fingerprint density at radius 1 is 1.09 bits per heavy atom. The van der Waals surface area contributed by atoms with Crippen LogP contribution in [0.25, 0.3) is 0 Å². The number of nitrogens with zero attached hydrogens (tertiary/aromatic N) is 4. The van der Waals surface area contributed by atoms with Crippen molar-refractivity contribution in [1.82, 2.24) is 14.9 Å². The molecule has 43 heavy (non-hydrogen) atoms. The number of aryl methyl sites for hydroxylation is 1. The molecular formula is C29H24F3N5O6. The maximum atomic E-state index is 13.9. The van der Waals surface area contributed by atoms with Crippen molar-refractivity contribution in [2.45, 2.75) is 25.6 Å². The van der Waals surface area contributed by atoms with Crippen LogP contribution >= 0.6 is 0 Å². The van der Waals surface area contributed by atoms with Crippen LogP contribution in [0.3, 0.4) is 0 Å². The molecule has 0 aliphatic carbocycles. The van der Waals surface area contributed by atoms with Crippen LogP contribution in [0, 0.1) is 18.8 Å². The van der Waals surface area contributed by atoms with E-state index in [4.69, 9.17) is 10.5 Å². The molecule has 0 bridgehead atoms. The zero-order valence-corrected chi connectivity index (χ0v) is 22.8. The van der Waals surface area contributed by atoms with Crippen LogP contribution in [-0.2, 0) is 19.1 Å². The van der Waals surface area contributed by atoms with E-state index in [1.165, 1.54) is 36.2 Å². The van der Waals surface area contributed by atoms with E-state index in [9.17, 15) is 32.3 Å². The van der Waals surface area contributed by atoms with E-state index in [1.807, 2.05) is 0 Å². The predicted molar refractivity (Wildman–Crippen MR) is 145 cm³/mol. The number of carbonyl (C=O) groups is 4. The molecular weight excluding hydrogens is 571 g/mol. The summed E-state index contributed by atoms with van der Waals surface area (Å²) in [5, 5.41) is 0. The molecule has 4 rings (SSSR count). The number of hydrogen-bond acceptors (Lipinski definition) is 9. The van der Waals surface area contributed by atoms with E-state index in [2.05, 4.69) is 26.5 Å². The molecule has 1 atom stereocenters. The number of ether oxygens (including phenoxy) is 2. The molecule has 3 aromatic rings. The van der Waals surface area contributed by atoms with Crippen LogP contribution in [-0.4, -0.2) is 65.0 Å². The first-order valence-electron chi connectivity index (χ1n) is 12.6. The van der Waals surface area contributed by atoms with E-state index in [0.717, 1.165) is 4.90 Å². The van der Waals surface area contributed by atoms with Gasteiger partial charge in [-0.25, -0.2) is 9.78 Å². The summed E-state index contributed by atoms with van der Waals surface area (Å²) >= 11 is 0. The van der Waals surface area contributed by atoms with Gasteiger partial charge in [0.2, 0.25) is 17.7 Å². The molecule has 1 aliphatic heterocycles. The molecule has 0 radical (unpaired) electrons. The van der Waals surface area contributed by atoms with Crippen molar-refractivity contribution in [2.75, 3.05) is 30.8 Å². The van der Waals surface area contributed by atoms with Gasteiger partial charge in [-0.3, -0.25) is 14.4 Å². The van der Waals surface area contributed by atoms with Crippen LogP contribution in [0.2, 0.25) is 0 Å². The lowest BCUT2D eigenvalue weighted by Crippen LogP contribution is -2.41. The van der Waals surface area contributed by atoms with Gasteiger partial charge in [0.1, 0.15) is 6.54 Å². The van der Waals surface area contributed by atoms with Crippen molar-refractivity contribution in [1.29, 1.82) is 0 Å². The summed E-state index contributed by atoms with van der Waals surface area (Å²) in [6, 6.07) is 12.8. The number of fused-ring (bicyclic) bond motifs is 1. The fourth-order valence-corrected chi connectivity index (χ4v) is 4.27. The first kappa shape index (κ1) is 30.5. The van der Waals surface area contributed by atoms with Gasteiger partial charge in [0.25, 0.3) is 5.91 Å². The highest BCUT2D eigenvalue weighted by atomic mass is 19.4. The molecule has 2 aromatic carbocycles. The number of amides is 2. The monoisotopic (exact) mass is 595 g/mol. The zero-order valence-electron chi connectivity index (χ0n) is 22.8. The number of nitrogens with two attached hydrogens (primary N) is 1. The number of hydrogen-bond donors (Lipinski definition) is 1. The van der Waals surface area contributed by atoms with E-state index in [1.54, 1.807) is 37.3 Å². The minimum absolute atomic E-state index is 0.0458. The average Bonchev–Trinajstić information content (AvgIpc) is 3.03. The van der Waals surface area contributed by atoms with Gasteiger partial charge in [-0.05, 0) is 30.7 Å². The lowest BCUT2D eigenvalue weighted by atomic mass is 10.00. The number of benzene rings is 2. The summed E-state index contributed by atoms with van der Waals surface area (Å²) in [4.78, 5) is 60.9. The normalized spacial score (nSPS) is 13.8. The molecule has 222 valence electrons. The lowest BCUT2D eigenvalue weighted by Gasteiger charge is -2.30. The maximum absolute atomic E-state index is 13.9. The van der Waals surface area contributed by atoms with Crippen molar-refractivity contribution >= 4 is 35.4 Å². The predicted octanol–water partition coefficient (Wildman–Crippen LogP) is 2.98. The largest absolute Gasteiger partial charge is 0.491 e.